The molecule has 13 nitrogen and oxygen atoms in total. The van der Waals surface area contributed by atoms with Gasteiger partial charge in [0.15, 0.2) is 5.96 Å². The number of aldehydes is 1. The SMILES string of the molecule is NC(N)=NCCC[C@@H](C=O)NC(=O)Cn1cccc(NS(=O)(=O)c2ccccc2F)c1=O.O=C(O)C(F)(F)F. The van der Waals surface area contributed by atoms with Crippen LogP contribution < -0.4 is 27.1 Å². The first-order chi connectivity index (χ1) is 18.1. The highest BCUT2D eigenvalue weighted by Gasteiger charge is 2.38. The molecule has 214 valence electrons. The van der Waals surface area contributed by atoms with Gasteiger partial charge in [0.1, 0.15) is 29.2 Å². The second kappa shape index (κ2) is 14.5. The molecule has 2 aromatic rings. The number of halogens is 4. The predicted octanol–water partition coefficient (Wildman–Crippen LogP) is 0.159. The summed E-state index contributed by atoms with van der Waals surface area (Å²) in [5, 5.41) is 9.59. The lowest BCUT2D eigenvalue weighted by Crippen LogP contribution is -2.40. The smallest absolute Gasteiger partial charge is 0.475 e. The molecule has 0 spiro atoms. The van der Waals surface area contributed by atoms with E-state index in [1.807, 2.05) is 4.72 Å². The molecule has 0 saturated carbocycles. The van der Waals surface area contributed by atoms with E-state index in [1.54, 1.807) is 0 Å². The largest absolute Gasteiger partial charge is 0.490 e. The van der Waals surface area contributed by atoms with Crippen LogP contribution in [0.5, 0.6) is 0 Å². The number of amides is 1. The highest BCUT2D eigenvalue weighted by Crippen LogP contribution is 2.16. The summed E-state index contributed by atoms with van der Waals surface area (Å²) in [7, 11) is -4.37. The van der Waals surface area contributed by atoms with Crippen molar-refractivity contribution in [2.45, 2.75) is 36.5 Å². The molecule has 1 aromatic carbocycles. The number of carboxylic acid groups (broad SMARTS) is 1. The van der Waals surface area contributed by atoms with E-state index >= 15 is 0 Å². The molecule has 0 unspecified atom stereocenters. The Balaban J connectivity index is 0.000000956. The number of nitrogens with two attached hydrogens (primary N) is 2. The number of hydrogen-bond acceptors (Lipinski definition) is 7. The van der Waals surface area contributed by atoms with Crippen LogP contribution in [-0.4, -0.2) is 61.0 Å². The summed E-state index contributed by atoms with van der Waals surface area (Å²) in [6, 6.07) is 6.42. The van der Waals surface area contributed by atoms with Crippen molar-refractivity contribution < 1.29 is 45.5 Å². The molecule has 0 radical (unpaired) electrons. The third kappa shape index (κ3) is 11.2. The van der Waals surface area contributed by atoms with Crippen LogP contribution in [-0.2, 0) is 31.0 Å². The molecule has 1 heterocycles. The van der Waals surface area contributed by atoms with Gasteiger partial charge in [0.25, 0.3) is 15.6 Å². The van der Waals surface area contributed by atoms with Gasteiger partial charge in [-0.3, -0.25) is 19.3 Å². The van der Waals surface area contributed by atoms with Gasteiger partial charge in [-0.1, -0.05) is 12.1 Å². The number of carbonyl (C=O) groups is 3. The van der Waals surface area contributed by atoms with Crippen LogP contribution in [0.1, 0.15) is 12.8 Å². The number of nitrogens with zero attached hydrogens (tertiary/aromatic N) is 2. The molecule has 2 rings (SSSR count). The van der Waals surface area contributed by atoms with E-state index in [1.165, 1.54) is 30.5 Å². The van der Waals surface area contributed by atoms with E-state index in [4.69, 9.17) is 21.4 Å². The van der Waals surface area contributed by atoms with Crippen LogP contribution in [0, 0.1) is 5.82 Å². The summed E-state index contributed by atoms with van der Waals surface area (Å²) < 4.78 is 73.4. The number of carboxylic acids is 1. The fourth-order valence-electron chi connectivity index (χ4n) is 2.70. The quantitative estimate of drug-likeness (QED) is 0.0803. The van der Waals surface area contributed by atoms with Crippen LogP contribution in [0.3, 0.4) is 0 Å². The van der Waals surface area contributed by atoms with Crippen molar-refractivity contribution in [3.63, 3.8) is 0 Å². The van der Waals surface area contributed by atoms with Gasteiger partial charge in [0, 0.05) is 12.7 Å². The van der Waals surface area contributed by atoms with Gasteiger partial charge in [-0.2, -0.15) is 13.2 Å². The van der Waals surface area contributed by atoms with Gasteiger partial charge < -0.3 is 31.3 Å². The van der Waals surface area contributed by atoms with Crippen molar-refractivity contribution in [3.05, 3.63) is 58.8 Å². The van der Waals surface area contributed by atoms with E-state index in [0.717, 1.165) is 16.7 Å². The summed E-state index contributed by atoms with van der Waals surface area (Å²) in [6.45, 7) is -0.182. The summed E-state index contributed by atoms with van der Waals surface area (Å²) >= 11 is 0. The molecule has 0 fully saturated rings. The van der Waals surface area contributed by atoms with Crippen molar-refractivity contribution in [2.24, 2.45) is 16.5 Å². The number of pyridine rings is 1. The van der Waals surface area contributed by atoms with Crippen LogP contribution in [0.2, 0.25) is 0 Å². The highest BCUT2D eigenvalue weighted by molar-refractivity contribution is 7.92. The lowest BCUT2D eigenvalue weighted by atomic mass is 10.2. The number of nitrogens with one attached hydrogen (secondary N) is 2. The number of sulfonamides is 1. The van der Waals surface area contributed by atoms with Crippen LogP contribution in [0.15, 0.2) is 57.3 Å². The van der Waals surface area contributed by atoms with E-state index < -0.39 is 56.9 Å². The Morgan fingerprint density at radius 2 is 1.77 bits per heavy atom. The Labute approximate surface area is 218 Å². The number of rotatable bonds is 11. The maximum atomic E-state index is 13.8. The van der Waals surface area contributed by atoms with Crippen molar-refractivity contribution >= 4 is 39.8 Å². The first kappa shape index (κ1) is 32.5. The average molecular weight is 581 g/mol. The van der Waals surface area contributed by atoms with Gasteiger partial charge in [0.2, 0.25) is 5.91 Å². The van der Waals surface area contributed by atoms with Gasteiger partial charge >= 0.3 is 12.1 Å². The van der Waals surface area contributed by atoms with Crippen molar-refractivity contribution in [1.29, 1.82) is 0 Å². The molecule has 1 atom stereocenters. The van der Waals surface area contributed by atoms with E-state index in [9.17, 15) is 40.4 Å². The summed E-state index contributed by atoms with van der Waals surface area (Å²) in [5.41, 5.74) is 9.23. The lowest BCUT2D eigenvalue weighted by molar-refractivity contribution is -0.192. The van der Waals surface area contributed by atoms with Crippen LogP contribution in [0.4, 0.5) is 23.2 Å². The first-order valence-electron chi connectivity index (χ1n) is 10.7. The number of benzene rings is 1. The normalized spacial score (nSPS) is 11.8. The second-order valence-electron chi connectivity index (χ2n) is 7.45. The molecule has 0 aliphatic carbocycles. The molecule has 1 amide bonds. The van der Waals surface area contributed by atoms with Crippen molar-refractivity contribution in [3.8, 4) is 0 Å². The Morgan fingerprint density at radius 1 is 1.15 bits per heavy atom. The number of guanidine groups is 1. The van der Waals surface area contributed by atoms with Gasteiger partial charge in [-0.25, -0.2) is 17.6 Å². The maximum Gasteiger partial charge on any atom is 0.490 e. The highest BCUT2D eigenvalue weighted by atomic mass is 32.2. The Hall–Kier alpha value is -4.48. The zero-order valence-electron chi connectivity index (χ0n) is 19.9. The summed E-state index contributed by atoms with van der Waals surface area (Å²) in [4.78, 5) is 48.1. The summed E-state index contributed by atoms with van der Waals surface area (Å²) in [5.74, 6) is -4.45. The number of alkyl halides is 3. The number of aromatic nitrogens is 1. The Bertz CT molecular complexity index is 1360. The number of aliphatic carboxylic acids is 1. The number of aliphatic imine (C=N–C) groups is 1. The molecule has 0 aliphatic rings. The Morgan fingerprint density at radius 3 is 2.31 bits per heavy atom. The van der Waals surface area contributed by atoms with Gasteiger partial charge in [0.05, 0.1) is 6.04 Å². The zero-order chi connectivity index (χ0) is 29.8. The van der Waals surface area contributed by atoms with Crippen molar-refractivity contribution in [1.82, 2.24) is 9.88 Å². The minimum atomic E-state index is -5.08. The van der Waals surface area contributed by atoms with E-state index in [0.29, 0.717) is 12.7 Å². The third-order valence-corrected chi connectivity index (χ3v) is 5.82. The van der Waals surface area contributed by atoms with E-state index in [2.05, 4.69) is 10.3 Å². The average Bonchev–Trinajstić information content (AvgIpc) is 2.83. The second-order valence-corrected chi connectivity index (χ2v) is 9.10. The third-order valence-electron chi connectivity index (χ3n) is 4.43. The van der Waals surface area contributed by atoms with E-state index in [-0.39, 0.29) is 24.6 Å². The molecule has 0 saturated heterocycles. The standard InChI is InChI=1S/C19H23FN6O5S.C2HF3O2/c20-14-6-1-2-8-16(14)32(30,31)25-15-7-4-10-26(18(15)29)11-17(28)24-13(12-27)5-3-9-23-19(21)22;3-2(4,5)1(6)7/h1-2,4,6-8,10,12-13,25H,3,5,9,11H2,(H,24,28)(H4,21,22,23);(H,6,7)/t13-;/m0./s1. The van der Waals surface area contributed by atoms with Crippen LogP contribution >= 0.6 is 0 Å². The number of anilines is 1. The van der Waals surface area contributed by atoms with Crippen LogP contribution in [0.25, 0.3) is 0 Å². The number of carbonyl (C=O) groups excluding carboxylic acids is 2. The molecule has 7 N–H and O–H groups in total. The van der Waals surface area contributed by atoms with Gasteiger partial charge in [-0.15, -0.1) is 0 Å². The fourth-order valence-corrected chi connectivity index (χ4v) is 3.84. The number of hydrogen-bond donors (Lipinski definition) is 5. The minimum absolute atomic E-state index is 0.0819. The van der Waals surface area contributed by atoms with Gasteiger partial charge in [-0.05, 0) is 37.1 Å². The maximum absolute atomic E-state index is 13.8. The first-order valence-corrected chi connectivity index (χ1v) is 12.1. The lowest BCUT2D eigenvalue weighted by Gasteiger charge is -2.14. The summed E-state index contributed by atoms with van der Waals surface area (Å²) in [6.07, 6.45) is -2.54. The molecular weight excluding hydrogens is 556 g/mol. The monoisotopic (exact) mass is 580 g/mol. The molecular formula is C21H24F4N6O7S. The molecule has 0 aliphatic heterocycles. The molecule has 39 heavy (non-hydrogen) atoms. The van der Waals surface area contributed by atoms with Crippen molar-refractivity contribution in [2.75, 3.05) is 11.3 Å². The fraction of sp³-hybridized carbons (Fsp3) is 0.286. The molecule has 0 bridgehead atoms. The predicted molar refractivity (Wildman–Crippen MR) is 130 cm³/mol. The topological polar surface area (TPSA) is 216 Å². The molecule has 18 heteroatoms. The minimum Gasteiger partial charge on any atom is -0.475 e. The Kier molecular flexibility index (Phi) is 12.1. The molecule has 1 aromatic heterocycles. The zero-order valence-corrected chi connectivity index (χ0v) is 20.7.